The van der Waals surface area contributed by atoms with Gasteiger partial charge in [-0.25, -0.2) is 0 Å². The number of hydrogen-bond acceptors (Lipinski definition) is 1. The molecule has 1 nitrogen and oxygen atoms in total. The van der Waals surface area contributed by atoms with E-state index in [0.717, 1.165) is 29.6 Å². The molecule has 0 radical (unpaired) electrons. The Bertz CT molecular complexity index is 334. The summed E-state index contributed by atoms with van der Waals surface area (Å²) in [6.45, 7) is 4.69. The summed E-state index contributed by atoms with van der Waals surface area (Å²) >= 11 is 0. The van der Waals surface area contributed by atoms with Gasteiger partial charge in [0.15, 0.2) is 0 Å². The molecule has 3 aliphatic carbocycles. The molecule has 1 heterocycles. The summed E-state index contributed by atoms with van der Waals surface area (Å²) in [6, 6.07) is 0. The molecule has 4 rings (SSSR count). The first-order valence-electron chi connectivity index (χ1n) is 6.57. The summed E-state index contributed by atoms with van der Waals surface area (Å²) in [6.07, 6.45) is 9.60. The Morgan fingerprint density at radius 1 is 1.33 bits per heavy atom. The van der Waals surface area contributed by atoms with Crippen LogP contribution in [0, 0.1) is 29.6 Å². The minimum Gasteiger partial charge on any atom is -0.366 e. The van der Waals surface area contributed by atoms with Crippen LogP contribution >= 0.6 is 0 Å². The van der Waals surface area contributed by atoms with Crippen LogP contribution in [0.1, 0.15) is 33.1 Å². The summed E-state index contributed by atoms with van der Waals surface area (Å²) in [5, 5.41) is 0. The predicted molar refractivity (Wildman–Crippen MR) is 59.4 cm³/mol. The molecule has 7 unspecified atom stereocenters. The Hall–Kier alpha value is -0.300. The van der Waals surface area contributed by atoms with Crippen molar-refractivity contribution < 1.29 is 4.74 Å². The average molecular weight is 204 g/mol. The van der Waals surface area contributed by atoms with E-state index in [1.807, 2.05) is 0 Å². The highest BCUT2D eigenvalue weighted by molar-refractivity contribution is 5.21. The van der Waals surface area contributed by atoms with Gasteiger partial charge in [0.2, 0.25) is 0 Å². The highest BCUT2D eigenvalue weighted by Crippen LogP contribution is 2.68. The van der Waals surface area contributed by atoms with E-state index >= 15 is 0 Å². The van der Waals surface area contributed by atoms with Gasteiger partial charge in [-0.2, -0.15) is 0 Å². The molecule has 82 valence electrons. The molecule has 0 N–H and O–H groups in total. The zero-order valence-corrected chi connectivity index (χ0v) is 9.65. The summed E-state index contributed by atoms with van der Waals surface area (Å²) in [4.78, 5) is 0. The fraction of sp³-hybridized carbons (Fsp3) is 0.857. The van der Waals surface area contributed by atoms with Crippen molar-refractivity contribution in [2.24, 2.45) is 29.6 Å². The molecule has 3 fully saturated rings. The van der Waals surface area contributed by atoms with Crippen molar-refractivity contribution >= 4 is 0 Å². The van der Waals surface area contributed by atoms with Gasteiger partial charge in [0, 0.05) is 0 Å². The molecule has 4 aliphatic rings. The van der Waals surface area contributed by atoms with E-state index in [9.17, 15) is 0 Å². The summed E-state index contributed by atoms with van der Waals surface area (Å²) < 4.78 is 5.96. The monoisotopic (exact) mass is 204 g/mol. The van der Waals surface area contributed by atoms with Crippen LogP contribution in [0.15, 0.2) is 12.2 Å². The van der Waals surface area contributed by atoms with Gasteiger partial charge >= 0.3 is 0 Å². The smallest absolute Gasteiger partial charge is 0.0979 e. The van der Waals surface area contributed by atoms with Gasteiger partial charge in [-0.15, -0.1) is 0 Å². The third-order valence-electron chi connectivity index (χ3n) is 5.80. The normalized spacial score (nSPS) is 64.9. The van der Waals surface area contributed by atoms with Crippen molar-refractivity contribution in [3.8, 4) is 0 Å². The van der Waals surface area contributed by atoms with Crippen LogP contribution < -0.4 is 0 Å². The Balaban J connectivity index is 1.70. The number of epoxide rings is 1. The highest BCUT2D eigenvalue weighted by atomic mass is 16.6. The molecule has 2 saturated carbocycles. The lowest BCUT2D eigenvalue weighted by Gasteiger charge is -2.39. The third-order valence-corrected chi connectivity index (χ3v) is 5.80. The van der Waals surface area contributed by atoms with Crippen molar-refractivity contribution in [2.75, 3.05) is 0 Å². The first-order valence-corrected chi connectivity index (χ1v) is 6.57. The number of ether oxygens (including phenoxy) is 1. The molecule has 15 heavy (non-hydrogen) atoms. The molecule has 7 atom stereocenters. The third kappa shape index (κ3) is 0.898. The molecule has 2 bridgehead atoms. The van der Waals surface area contributed by atoms with E-state index in [0.29, 0.717) is 11.7 Å². The first-order chi connectivity index (χ1) is 7.22. The van der Waals surface area contributed by atoms with Crippen LogP contribution in [0.25, 0.3) is 0 Å². The molecule has 0 aromatic rings. The standard InChI is InChI=1S/C14H20O/c1-8-4-3-5-11-12-6-10(13(8)11)7-14(12)9(2)15-14/h3-4,8-13H,5-7H2,1-2H3. The van der Waals surface area contributed by atoms with Crippen LogP contribution in [-0.4, -0.2) is 11.7 Å². The molecule has 0 aromatic heterocycles. The molecular formula is C14H20O. The topological polar surface area (TPSA) is 12.5 Å². The lowest BCUT2D eigenvalue weighted by atomic mass is 9.65. The van der Waals surface area contributed by atoms with Gasteiger partial charge < -0.3 is 4.74 Å². The second-order valence-electron chi connectivity index (χ2n) is 6.29. The van der Waals surface area contributed by atoms with Gasteiger partial charge in [0.05, 0.1) is 11.7 Å². The molecule has 1 aliphatic heterocycles. The van der Waals surface area contributed by atoms with Crippen molar-refractivity contribution in [1.82, 2.24) is 0 Å². The Kier molecular flexibility index (Phi) is 1.47. The summed E-state index contributed by atoms with van der Waals surface area (Å²) in [5.74, 6) is 4.64. The van der Waals surface area contributed by atoms with Crippen molar-refractivity contribution in [3.63, 3.8) is 0 Å². The fourth-order valence-electron chi connectivity index (χ4n) is 5.24. The fourth-order valence-corrected chi connectivity index (χ4v) is 5.24. The van der Waals surface area contributed by atoms with Crippen LogP contribution in [0.5, 0.6) is 0 Å². The highest BCUT2D eigenvalue weighted by Gasteiger charge is 2.70. The largest absolute Gasteiger partial charge is 0.366 e. The zero-order valence-electron chi connectivity index (χ0n) is 9.65. The molecule has 1 heteroatoms. The number of rotatable bonds is 0. The predicted octanol–water partition coefficient (Wildman–Crippen LogP) is 3.01. The van der Waals surface area contributed by atoms with Crippen LogP contribution in [0.2, 0.25) is 0 Å². The molecule has 0 amide bonds. The van der Waals surface area contributed by atoms with E-state index in [1.165, 1.54) is 19.3 Å². The minimum atomic E-state index is 0.358. The summed E-state index contributed by atoms with van der Waals surface area (Å²) in [5.41, 5.74) is 0.358. The van der Waals surface area contributed by atoms with Gasteiger partial charge in [-0.05, 0) is 55.8 Å². The molecule has 0 aromatic carbocycles. The maximum absolute atomic E-state index is 5.96. The Labute approximate surface area is 91.9 Å². The maximum Gasteiger partial charge on any atom is 0.0979 e. The van der Waals surface area contributed by atoms with Crippen molar-refractivity contribution in [3.05, 3.63) is 12.2 Å². The number of fused-ring (bicyclic) bond motifs is 6. The number of hydrogen-bond donors (Lipinski definition) is 0. The van der Waals surface area contributed by atoms with Crippen molar-refractivity contribution in [2.45, 2.75) is 44.8 Å². The van der Waals surface area contributed by atoms with Gasteiger partial charge in [-0.1, -0.05) is 19.1 Å². The maximum atomic E-state index is 5.96. The molecular weight excluding hydrogens is 184 g/mol. The summed E-state index contributed by atoms with van der Waals surface area (Å²) in [7, 11) is 0. The molecule has 1 saturated heterocycles. The van der Waals surface area contributed by atoms with Gasteiger partial charge in [-0.3, -0.25) is 0 Å². The average Bonchev–Trinajstić information content (AvgIpc) is 2.63. The van der Waals surface area contributed by atoms with E-state index in [2.05, 4.69) is 26.0 Å². The lowest BCUT2D eigenvalue weighted by molar-refractivity contribution is 0.0947. The SMILES string of the molecule is CC1C=CCC2C1C1CC2C2(C1)OC2C. The van der Waals surface area contributed by atoms with Crippen LogP contribution in [-0.2, 0) is 4.74 Å². The van der Waals surface area contributed by atoms with E-state index in [1.54, 1.807) is 0 Å². The minimum absolute atomic E-state index is 0.358. The van der Waals surface area contributed by atoms with E-state index < -0.39 is 0 Å². The zero-order chi connectivity index (χ0) is 10.2. The van der Waals surface area contributed by atoms with E-state index in [4.69, 9.17) is 4.74 Å². The Morgan fingerprint density at radius 2 is 2.13 bits per heavy atom. The van der Waals surface area contributed by atoms with Gasteiger partial charge in [0.1, 0.15) is 0 Å². The number of allylic oxidation sites excluding steroid dienone is 2. The van der Waals surface area contributed by atoms with Crippen LogP contribution in [0.4, 0.5) is 0 Å². The van der Waals surface area contributed by atoms with Crippen LogP contribution in [0.3, 0.4) is 0 Å². The van der Waals surface area contributed by atoms with E-state index in [-0.39, 0.29) is 0 Å². The quantitative estimate of drug-likeness (QED) is 0.436. The van der Waals surface area contributed by atoms with Crippen molar-refractivity contribution in [1.29, 1.82) is 0 Å². The second kappa shape index (κ2) is 2.51. The first kappa shape index (κ1) is 8.81. The Morgan fingerprint density at radius 3 is 2.87 bits per heavy atom. The van der Waals surface area contributed by atoms with Gasteiger partial charge in [0.25, 0.3) is 0 Å². The molecule has 1 spiro atoms. The second-order valence-corrected chi connectivity index (χ2v) is 6.29. The lowest BCUT2D eigenvalue weighted by Crippen LogP contribution is -2.38.